The lowest BCUT2D eigenvalue weighted by atomic mass is 10.2. The normalized spacial score (nSPS) is 17.7. The number of imide groups is 1. The minimum Gasteiger partial charge on any atom is -0.443 e. The number of benzene rings is 1. The van der Waals surface area contributed by atoms with Crippen LogP contribution in [0.15, 0.2) is 36.4 Å². The zero-order valence-corrected chi connectivity index (χ0v) is 15.0. The van der Waals surface area contributed by atoms with Gasteiger partial charge in [-0.1, -0.05) is 18.2 Å². The molecule has 0 saturated heterocycles. The molecular formula is C16H19IN2O3. The van der Waals surface area contributed by atoms with Crippen molar-refractivity contribution in [3.05, 3.63) is 40.0 Å². The zero-order valence-electron chi connectivity index (χ0n) is 12.8. The van der Waals surface area contributed by atoms with Crippen LogP contribution in [-0.4, -0.2) is 35.1 Å². The second-order valence-electron chi connectivity index (χ2n) is 5.98. The molecule has 0 aromatic heterocycles. The van der Waals surface area contributed by atoms with E-state index in [1.54, 1.807) is 26.8 Å². The monoisotopic (exact) mass is 414 g/mol. The van der Waals surface area contributed by atoms with Crippen molar-refractivity contribution in [1.82, 2.24) is 4.90 Å². The SMILES string of the molecule is CC(C)(C)OC(=O)N1C(=O)C=CC1CNc1ccccc1I. The quantitative estimate of drug-likeness (QED) is 0.771. The molecule has 0 bridgehead atoms. The Morgan fingerprint density at radius 2 is 2.05 bits per heavy atom. The molecule has 22 heavy (non-hydrogen) atoms. The van der Waals surface area contributed by atoms with Crippen LogP contribution in [0.25, 0.3) is 0 Å². The Balaban J connectivity index is 2.03. The first-order valence-corrected chi connectivity index (χ1v) is 8.08. The van der Waals surface area contributed by atoms with Crippen molar-refractivity contribution in [2.45, 2.75) is 32.4 Å². The van der Waals surface area contributed by atoms with Gasteiger partial charge in [-0.25, -0.2) is 9.69 Å². The van der Waals surface area contributed by atoms with Crippen LogP contribution in [-0.2, 0) is 9.53 Å². The van der Waals surface area contributed by atoms with Crippen LogP contribution in [0.3, 0.4) is 0 Å². The Hall–Kier alpha value is -1.57. The van der Waals surface area contributed by atoms with Crippen molar-refractivity contribution < 1.29 is 14.3 Å². The van der Waals surface area contributed by atoms with Gasteiger partial charge in [0.15, 0.2) is 0 Å². The summed E-state index contributed by atoms with van der Waals surface area (Å²) in [5.74, 6) is -0.344. The molecule has 1 aliphatic rings. The Bertz CT molecular complexity index is 608. The number of halogens is 1. The second kappa shape index (κ2) is 6.68. The molecule has 6 heteroatoms. The maximum absolute atomic E-state index is 12.2. The smallest absolute Gasteiger partial charge is 0.417 e. The molecule has 5 nitrogen and oxygen atoms in total. The Morgan fingerprint density at radius 3 is 2.68 bits per heavy atom. The van der Waals surface area contributed by atoms with Crippen molar-refractivity contribution in [3.63, 3.8) is 0 Å². The summed E-state index contributed by atoms with van der Waals surface area (Å²) in [7, 11) is 0. The van der Waals surface area contributed by atoms with E-state index < -0.39 is 11.7 Å². The van der Waals surface area contributed by atoms with E-state index in [0.29, 0.717) is 6.54 Å². The molecule has 0 aliphatic carbocycles. The summed E-state index contributed by atoms with van der Waals surface area (Å²) in [5.41, 5.74) is 0.340. The number of amides is 2. The van der Waals surface area contributed by atoms with Crippen molar-refractivity contribution >= 4 is 40.3 Å². The summed E-state index contributed by atoms with van der Waals surface area (Å²) in [6.45, 7) is 5.77. The molecule has 2 amide bonds. The van der Waals surface area contributed by atoms with E-state index in [1.807, 2.05) is 24.3 Å². The number of nitrogens with zero attached hydrogens (tertiary/aromatic N) is 1. The molecule has 0 radical (unpaired) electrons. The van der Waals surface area contributed by atoms with E-state index in [1.165, 1.54) is 6.08 Å². The van der Waals surface area contributed by atoms with Crippen molar-refractivity contribution in [2.75, 3.05) is 11.9 Å². The summed E-state index contributed by atoms with van der Waals surface area (Å²) in [6.07, 6.45) is 2.51. The van der Waals surface area contributed by atoms with Crippen LogP contribution in [0.1, 0.15) is 20.8 Å². The fraction of sp³-hybridized carbons (Fsp3) is 0.375. The van der Waals surface area contributed by atoms with E-state index in [0.717, 1.165) is 14.2 Å². The average molecular weight is 414 g/mol. The molecule has 0 saturated carbocycles. The highest BCUT2D eigenvalue weighted by Gasteiger charge is 2.34. The molecule has 118 valence electrons. The van der Waals surface area contributed by atoms with Gasteiger partial charge in [-0.2, -0.15) is 0 Å². The van der Waals surface area contributed by atoms with Crippen LogP contribution < -0.4 is 5.32 Å². The number of nitrogens with one attached hydrogen (secondary N) is 1. The van der Waals surface area contributed by atoms with Crippen LogP contribution in [0.2, 0.25) is 0 Å². The first-order valence-electron chi connectivity index (χ1n) is 7.01. The van der Waals surface area contributed by atoms with Crippen LogP contribution in [0.4, 0.5) is 10.5 Å². The van der Waals surface area contributed by atoms with Gasteiger partial charge in [0.2, 0.25) is 0 Å². The van der Waals surface area contributed by atoms with Gasteiger partial charge in [-0.3, -0.25) is 4.79 Å². The topological polar surface area (TPSA) is 58.6 Å². The third-order valence-electron chi connectivity index (χ3n) is 3.00. The lowest BCUT2D eigenvalue weighted by molar-refractivity contribution is -0.125. The molecule has 2 rings (SSSR count). The number of hydrogen-bond acceptors (Lipinski definition) is 4. The highest BCUT2D eigenvalue weighted by atomic mass is 127. The molecular weight excluding hydrogens is 395 g/mol. The van der Waals surface area contributed by atoms with Gasteiger partial charge in [0.1, 0.15) is 5.60 Å². The van der Waals surface area contributed by atoms with Gasteiger partial charge >= 0.3 is 6.09 Å². The lowest BCUT2D eigenvalue weighted by Crippen LogP contribution is -2.45. The van der Waals surface area contributed by atoms with Gasteiger partial charge in [-0.05, 0) is 55.5 Å². The number of carbonyl (C=O) groups excluding carboxylic acids is 2. The van der Waals surface area contributed by atoms with E-state index in [-0.39, 0.29) is 11.9 Å². The zero-order chi connectivity index (χ0) is 16.3. The molecule has 1 N–H and O–H groups in total. The highest BCUT2D eigenvalue weighted by Crippen LogP contribution is 2.20. The summed E-state index contributed by atoms with van der Waals surface area (Å²) >= 11 is 2.23. The molecule has 0 spiro atoms. The maximum Gasteiger partial charge on any atom is 0.417 e. The summed E-state index contributed by atoms with van der Waals surface area (Å²) in [5, 5.41) is 3.26. The molecule has 1 aromatic carbocycles. The number of ether oxygens (including phenoxy) is 1. The largest absolute Gasteiger partial charge is 0.443 e. The number of anilines is 1. The molecule has 0 fully saturated rings. The van der Waals surface area contributed by atoms with E-state index in [4.69, 9.17) is 4.74 Å². The van der Waals surface area contributed by atoms with Crippen LogP contribution in [0, 0.1) is 3.57 Å². The molecule has 1 unspecified atom stereocenters. The molecule has 1 aliphatic heterocycles. The predicted molar refractivity (Wildman–Crippen MR) is 93.7 cm³/mol. The number of carbonyl (C=O) groups is 2. The van der Waals surface area contributed by atoms with Gasteiger partial charge in [0, 0.05) is 21.9 Å². The van der Waals surface area contributed by atoms with Gasteiger partial charge < -0.3 is 10.1 Å². The third kappa shape index (κ3) is 4.22. The molecule has 1 aromatic rings. The predicted octanol–water partition coefficient (Wildman–Crippen LogP) is 3.41. The summed E-state index contributed by atoms with van der Waals surface area (Å²) in [6, 6.07) is 7.49. The van der Waals surface area contributed by atoms with E-state index in [2.05, 4.69) is 27.9 Å². The highest BCUT2D eigenvalue weighted by molar-refractivity contribution is 14.1. The number of hydrogen-bond donors (Lipinski definition) is 1. The van der Waals surface area contributed by atoms with Gasteiger partial charge in [0.05, 0.1) is 6.04 Å². The van der Waals surface area contributed by atoms with Crippen LogP contribution >= 0.6 is 22.6 Å². The standard InChI is InChI=1S/C16H19IN2O3/c1-16(2,3)22-15(21)19-11(8-9-14(19)20)10-18-13-7-5-4-6-12(13)17/h4-9,11,18H,10H2,1-3H3. The van der Waals surface area contributed by atoms with Gasteiger partial charge in [0.25, 0.3) is 5.91 Å². The van der Waals surface area contributed by atoms with Crippen molar-refractivity contribution in [1.29, 1.82) is 0 Å². The van der Waals surface area contributed by atoms with E-state index in [9.17, 15) is 9.59 Å². The van der Waals surface area contributed by atoms with E-state index >= 15 is 0 Å². The number of para-hydroxylation sites is 1. The lowest BCUT2D eigenvalue weighted by Gasteiger charge is -2.27. The summed E-state index contributed by atoms with van der Waals surface area (Å²) in [4.78, 5) is 25.2. The van der Waals surface area contributed by atoms with Crippen molar-refractivity contribution in [2.24, 2.45) is 0 Å². The second-order valence-corrected chi connectivity index (χ2v) is 7.14. The fourth-order valence-electron chi connectivity index (χ4n) is 2.04. The number of rotatable bonds is 3. The Morgan fingerprint density at radius 1 is 1.36 bits per heavy atom. The summed E-state index contributed by atoms with van der Waals surface area (Å²) < 4.78 is 6.38. The third-order valence-corrected chi connectivity index (χ3v) is 3.94. The maximum atomic E-state index is 12.2. The van der Waals surface area contributed by atoms with Crippen molar-refractivity contribution in [3.8, 4) is 0 Å². The molecule has 1 heterocycles. The first kappa shape index (κ1) is 16.8. The first-order chi connectivity index (χ1) is 10.3. The average Bonchev–Trinajstić information content (AvgIpc) is 2.77. The fourth-order valence-corrected chi connectivity index (χ4v) is 2.62. The minimum absolute atomic E-state index is 0.344. The Kier molecular flexibility index (Phi) is 5.10. The minimum atomic E-state index is -0.632. The van der Waals surface area contributed by atoms with Crippen LogP contribution in [0.5, 0.6) is 0 Å². The molecule has 1 atom stereocenters. The Labute approximate surface area is 143 Å². The van der Waals surface area contributed by atoms with Gasteiger partial charge in [-0.15, -0.1) is 0 Å².